The Balaban J connectivity index is 1.31. The Kier molecular flexibility index (Phi) is 6.79. The first kappa shape index (κ1) is 20.9. The standard InChI is InChI=1S/C25H27N3O3/c1-30-22-8-5-9-23(15-22)31-24-11-10-20(16-26-24)17-27-25(29)21-7-4-6-19(14-21)18-28-12-2-3-13-28/h4-11,14-16H,2-3,12-13,17-18H2,1H3,(H,27,29). The first-order valence-electron chi connectivity index (χ1n) is 10.6. The molecule has 3 aromatic rings. The number of pyridine rings is 1. The number of amides is 1. The van der Waals surface area contributed by atoms with Crippen LogP contribution in [0.3, 0.4) is 0 Å². The number of carbonyl (C=O) groups is 1. The van der Waals surface area contributed by atoms with E-state index in [4.69, 9.17) is 9.47 Å². The van der Waals surface area contributed by atoms with E-state index >= 15 is 0 Å². The van der Waals surface area contributed by atoms with Gasteiger partial charge in [0.05, 0.1) is 7.11 Å². The van der Waals surface area contributed by atoms with E-state index in [1.807, 2.05) is 42.5 Å². The SMILES string of the molecule is COc1cccc(Oc2ccc(CNC(=O)c3cccc(CN4CCCC4)c3)cn2)c1. The highest BCUT2D eigenvalue weighted by molar-refractivity contribution is 5.94. The van der Waals surface area contributed by atoms with E-state index in [1.54, 1.807) is 25.4 Å². The van der Waals surface area contributed by atoms with Gasteiger partial charge in [0.25, 0.3) is 5.91 Å². The molecule has 2 aromatic carbocycles. The fourth-order valence-electron chi connectivity index (χ4n) is 3.66. The van der Waals surface area contributed by atoms with Crippen LogP contribution >= 0.6 is 0 Å². The molecule has 0 radical (unpaired) electrons. The Hall–Kier alpha value is -3.38. The van der Waals surface area contributed by atoms with Crippen LogP contribution in [-0.2, 0) is 13.1 Å². The molecule has 1 aliphatic rings. The average Bonchev–Trinajstić information content (AvgIpc) is 3.32. The molecule has 0 unspecified atom stereocenters. The summed E-state index contributed by atoms with van der Waals surface area (Å²) >= 11 is 0. The van der Waals surface area contributed by atoms with Gasteiger partial charge in [-0.05, 0) is 61.3 Å². The zero-order chi connectivity index (χ0) is 21.5. The highest BCUT2D eigenvalue weighted by Crippen LogP contribution is 2.23. The van der Waals surface area contributed by atoms with Crippen molar-refractivity contribution in [3.05, 3.63) is 83.6 Å². The van der Waals surface area contributed by atoms with Crippen LogP contribution in [0.4, 0.5) is 0 Å². The summed E-state index contributed by atoms with van der Waals surface area (Å²) in [4.78, 5) is 19.4. The number of rotatable bonds is 8. The Labute approximate surface area is 182 Å². The fourth-order valence-corrected chi connectivity index (χ4v) is 3.66. The molecule has 160 valence electrons. The number of hydrogen-bond donors (Lipinski definition) is 1. The zero-order valence-electron chi connectivity index (χ0n) is 17.7. The van der Waals surface area contributed by atoms with Crippen LogP contribution in [-0.4, -0.2) is 36.0 Å². The summed E-state index contributed by atoms with van der Waals surface area (Å²) in [6.07, 6.45) is 4.23. The van der Waals surface area contributed by atoms with E-state index in [0.29, 0.717) is 23.7 Å². The van der Waals surface area contributed by atoms with Gasteiger partial charge in [-0.2, -0.15) is 0 Å². The van der Waals surface area contributed by atoms with Crippen molar-refractivity contribution < 1.29 is 14.3 Å². The van der Waals surface area contributed by atoms with Gasteiger partial charge in [0.2, 0.25) is 5.88 Å². The molecule has 1 fully saturated rings. The second kappa shape index (κ2) is 10.1. The van der Waals surface area contributed by atoms with E-state index in [0.717, 1.165) is 30.9 Å². The predicted octanol–water partition coefficient (Wildman–Crippen LogP) is 4.41. The van der Waals surface area contributed by atoms with E-state index in [1.165, 1.54) is 18.4 Å². The molecule has 1 aliphatic heterocycles. The minimum atomic E-state index is -0.0834. The zero-order valence-corrected chi connectivity index (χ0v) is 17.7. The quantitative estimate of drug-likeness (QED) is 0.588. The molecule has 1 N–H and O–H groups in total. The largest absolute Gasteiger partial charge is 0.497 e. The number of nitrogens with zero attached hydrogens (tertiary/aromatic N) is 2. The third-order valence-electron chi connectivity index (χ3n) is 5.31. The van der Waals surface area contributed by atoms with Gasteiger partial charge in [-0.25, -0.2) is 4.98 Å². The number of nitrogens with one attached hydrogen (secondary N) is 1. The highest BCUT2D eigenvalue weighted by atomic mass is 16.5. The number of aromatic nitrogens is 1. The Bertz CT molecular complexity index is 1010. The molecule has 2 heterocycles. The first-order valence-corrected chi connectivity index (χ1v) is 10.6. The van der Waals surface area contributed by atoms with Crippen molar-refractivity contribution in [3.8, 4) is 17.4 Å². The lowest BCUT2D eigenvalue weighted by Crippen LogP contribution is -2.23. The monoisotopic (exact) mass is 417 g/mol. The van der Waals surface area contributed by atoms with Crippen molar-refractivity contribution in [2.24, 2.45) is 0 Å². The molecule has 6 heteroatoms. The second-order valence-electron chi connectivity index (χ2n) is 7.65. The number of hydrogen-bond acceptors (Lipinski definition) is 5. The second-order valence-corrected chi connectivity index (χ2v) is 7.65. The van der Waals surface area contributed by atoms with Crippen LogP contribution in [0.2, 0.25) is 0 Å². The molecule has 1 saturated heterocycles. The minimum absolute atomic E-state index is 0.0834. The maximum Gasteiger partial charge on any atom is 0.251 e. The summed E-state index contributed by atoms with van der Waals surface area (Å²) in [7, 11) is 1.62. The van der Waals surface area contributed by atoms with Crippen LogP contribution < -0.4 is 14.8 Å². The number of benzene rings is 2. The molecule has 31 heavy (non-hydrogen) atoms. The van der Waals surface area contributed by atoms with Gasteiger partial charge < -0.3 is 14.8 Å². The highest BCUT2D eigenvalue weighted by Gasteiger charge is 2.13. The fraction of sp³-hybridized carbons (Fsp3) is 0.280. The number of likely N-dealkylation sites (tertiary alicyclic amines) is 1. The lowest BCUT2D eigenvalue weighted by molar-refractivity contribution is 0.0950. The molecule has 6 nitrogen and oxygen atoms in total. The van der Waals surface area contributed by atoms with Crippen molar-refractivity contribution in [1.82, 2.24) is 15.2 Å². The summed E-state index contributed by atoms with van der Waals surface area (Å²) in [5.74, 6) is 1.78. The molecule has 1 amide bonds. The van der Waals surface area contributed by atoms with Crippen molar-refractivity contribution in [2.75, 3.05) is 20.2 Å². The normalized spacial score (nSPS) is 13.7. The van der Waals surface area contributed by atoms with Crippen molar-refractivity contribution in [1.29, 1.82) is 0 Å². The van der Waals surface area contributed by atoms with Crippen LogP contribution in [0.1, 0.15) is 34.3 Å². The van der Waals surface area contributed by atoms with Crippen molar-refractivity contribution >= 4 is 5.91 Å². The van der Waals surface area contributed by atoms with E-state index in [-0.39, 0.29) is 5.91 Å². The van der Waals surface area contributed by atoms with E-state index < -0.39 is 0 Å². The van der Waals surface area contributed by atoms with E-state index in [2.05, 4.69) is 21.3 Å². The molecular formula is C25H27N3O3. The van der Waals surface area contributed by atoms with Gasteiger partial charge in [-0.15, -0.1) is 0 Å². The first-order chi connectivity index (χ1) is 15.2. The van der Waals surface area contributed by atoms with E-state index in [9.17, 15) is 4.79 Å². The Morgan fingerprint density at radius 2 is 1.81 bits per heavy atom. The maximum absolute atomic E-state index is 12.6. The van der Waals surface area contributed by atoms with Crippen LogP contribution in [0.15, 0.2) is 66.9 Å². The molecule has 0 aliphatic carbocycles. The molecule has 0 atom stereocenters. The summed E-state index contributed by atoms with van der Waals surface area (Å²) in [5, 5.41) is 2.97. The third kappa shape index (κ3) is 5.83. The van der Waals surface area contributed by atoms with Gasteiger partial charge in [0.1, 0.15) is 11.5 Å². The molecule has 0 bridgehead atoms. The molecule has 4 rings (SSSR count). The molecule has 0 saturated carbocycles. The Morgan fingerprint density at radius 3 is 2.58 bits per heavy atom. The van der Waals surface area contributed by atoms with Gasteiger partial charge in [0.15, 0.2) is 0 Å². The average molecular weight is 418 g/mol. The number of carbonyl (C=O) groups excluding carboxylic acids is 1. The lowest BCUT2D eigenvalue weighted by Gasteiger charge is -2.15. The van der Waals surface area contributed by atoms with Gasteiger partial charge in [0, 0.05) is 37.0 Å². The van der Waals surface area contributed by atoms with Gasteiger partial charge in [-0.1, -0.05) is 24.3 Å². The number of ether oxygens (including phenoxy) is 2. The minimum Gasteiger partial charge on any atom is -0.497 e. The maximum atomic E-state index is 12.6. The Morgan fingerprint density at radius 1 is 1.00 bits per heavy atom. The molecule has 0 spiro atoms. The third-order valence-corrected chi connectivity index (χ3v) is 5.31. The summed E-state index contributed by atoms with van der Waals surface area (Å²) in [5.41, 5.74) is 2.76. The molecular weight excluding hydrogens is 390 g/mol. The van der Waals surface area contributed by atoms with Crippen molar-refractivity contribution in [3.63, 3.8) is 0 Å². The topological polar surface area (TPSA) is 63.7 Å². The van der Waals surface area contributed by atoms with Gasteiger partial charge in [-0.3, -0.25) is 9.69 Å². The van der Waals surface area contributed by atoms with Crippen LogP contribution in [0.5, 0.6) is 17.4 Å². The van der Waals surface area contributed by atoms with Crippen LogP contribution in [0.25, 0.3) is 0 Å². The lowest BCUT2D eigenvalue weighted by atomic mass is 10.1. The number of methoxy groups -OCH3 is 1. The summed E-state index contributed by atoms with van der Waals surface area (Å²) in [6, 6.07) is 18.9. The van der Waals surface area contributed by atoms with Gasteiger partial charge >= 0.3 is 0 Å². The summed E-state index contributed by atoms with van der Waals surface area (Å²) in [6.45, 7) is 3.59. The van der Waals surface area contributed by atoms with Crippen molar-refractivity contribution in [2.45, 2.75) is 25.9 Å². The summed E-state index contributed by atoms with van der Waals surface area (Å²) < 4.78 is 11.0. The predicted molar refractivity (Wildman–Crippen MR) is 119 cm³/mol. The smallest absolute Gasteiger partial charge is 0.251 e. The molecule has 1 aromatic heterocycles. The van der Waals surface area contributed by atoms with Crippen LogP contribution in [0, 0.1) is 0 Å².